The molecule has 0 bridgehead atoms. The molecule has 0 aliphatic rings. The van der Waals surface area contributed by atoms with Crippen LogP contribution in [0.25, 0.3) is 0 Å². The molecule has 104 valence electrons. The quantitative estimate of drug-likeness (QED) is 0.856. The Kier molecular flexibility index (Phi) is 4.45. The van der Waals surface area contributed by atoms with Crippen molar-refractivity contribution >= 4 is 5.91 Å². The average Bonchev–Trinajstić information content (AvgIpc) is 2.45. The van der Waals surface area contributed by atoms with Gasteiger partial charge in [-0.2, -0.15) is 0 Å². The molecule has 1 heterocycles. The minimum Gasteiger partial charge on any atom is -0.333 e. The van der Waals surface area contributed by atoms with Gasteiger partial charge in [0.15, 0.2) is 0 Å². The molecule has 1 aromatic heterocycles. The van der Waals surface area contributed by atoms with Crippen LogP contribution in [0.3, 0.4) is 0 Å². The molecule has 0 aliphatic heterocycles. The lowest BCUT2D eigenvalue weighted by atomic mass is 10.2. The average molecular weight is 272 g/mol. The summed E-state index contributed by atoms with van der Waals surface area (Å²) in [4.78, 5) is 18.4. The SMILES string of the molecule is CCN(Cc1cccc(C)n1)C(=O)c1ccc(F)cc1. The number of rotatable bonds is 4. The molecule has 1 aromatic carbocycles. The standard InChI is InChI=1S/C16H17FN2O/c1-3-19(11-15-6-4-5-12(2)18-15)16(20)13-7-9-14(17)10-8-13/h4-10H,3,11H2,1-2H3. The number of benzene rings is 1. The molecule has 0 unspecified atom stereocenters. The maximum absolute atomic E-state index is 12.9. The van der Waals surface area contributed by atoms with Crippen LogP contribution in [0, 0.1) is 12.7 Å². The van der Waals surface area contributed by atoms with Gasteiger partial charge >= 0.3 is 0 Å². The molecule has 0 saturated heterocycles. The largest absolute Gasteiger partial charge is 0.333 e. The predicted molar refractivity (Wildman–Crippen MR) is 75.8 cm³/mol. The van der Waals surface area contributed by atoms with E-state index in [1.807, 2.05) is 32.0 Å². The minimum absolute atomic E-state index is 0.115. The molecule has 0 fully saturated rings. The zero-order valence-electron chi connectivity index (χ0n) is 11.6. The number of aryl methyl sites for hydroxylation is 1. The molecule has 0 spiro atoms. The lowest BCUT2D eigenvalue weighted by molar-refractivity contribution is 0.0750. The normalized spacial score (nSPS) is 10.3. The van der Waals surface area contributed by atoms with Crippen LogP contribution >= 0.6 is 0 Å². The van der Waals surface area contributed by atoms with E-state index < -0.39 is 0 Å². The molecule has 3 nitrogen and oxygen atoms in total. The van der Waals surface area contributed by atoms with Crippen molar-refractivity contribution < 1.29 is 9.18 Å². The maximum Gasteiger partial charge on any atom is 0.254 e. The molecule has 2 aromatic rings. The molecular weight excluding hydrogens is 255 g/mol. The van der Waals surface area contributed by atoms with E-state index in [1.54, 1.807) is 4.90 Å². The van der Waals surface area contributed by atoms with E-state index in [9.17, 15) is 9.18 Å². The fourth-order valence-electron chi connectivity index (χ4n) is 1.99. The van der Waals surface area contributed by atoms with Crippen LogP contribution in [0.1, 0.15) is 28.7 Å². The van der Waals surface area contributed by atoms with Gasteiger partial charge in [0.2, 0.25) is 0 Å². The van der Waals surface area contributed by atoms with Crippen molar-refractivity contribution in [3.8, 4) is 0 Å². The Morgan fingerprint density at radius 2 is 1.90 bits per heavy atom. The number of halogens is 1. The number of aromatic nitrogens is 1. The van der Waals surface area contributed by atoms with Crippen LogP contribution in [0.2, 0.25) is 0 Å². The molecule has 0 aliphatic carbocycles. The van der Waals surface area contributed by atoms with Crippen molar-refractivity contribution in [1.82, 2.24) is 9.88 Å². The van der Waals surface area contributed by atoms with Gasteiger partial charge in [0, 0.05) is 17.8 Å². The first-order valence-electron chi connectivity index (χ1n) is 6.57. The first-order valence-corrected chi connectivity index (χ1v) is 6.57. The summed E-state index contributed by atoms with van der Waals surface area (Å²) in [6.07, 6.45) is 0. The van der Waals surface area contributed by atoms with E-state index in [0.717, 1.165) is 11.4 Å². The monoisotopic (exact) mass is 272 g/mol. The van der Waals surface area contributed by atoms with Gasteiger partial charge in [0.1, 0.15) is 5.82 Å². The number of hydrogen-bond acceptors (Lipinski definition) is 2. The first-order chi connectivity index (χ1) is 9.60. The second-order valence-electron chi connectivity index (χ2n) is 4.60. The Morgan fingerprint density at radius 1 is 1.20 bits per heavy atom. The van der Waals surface area contributed by atoms with Crippen molar-refractivity contribution in [3.63, 3.8) is 0 Å². The molecule has 0 saturated carbocycles. The second kappa shape index (κ2) is 6.28. The molecule has 0 N–H and O–H groups in total. The molecule has 0 atom stereocenters. The molecule has 4 heteroatoms. The van der Waals surface area contributed by atoms with Crippen molar-refractivity contribution in [3.05, 3.63) is 65.2 Å². The smallest absolute Gasteiger partial charge is 0.254 e. The van der Waals surface area contributed by atoms with Crippen molar-refractivity contribution in [2.75, 3.05) is 6.54 Å². The van der Waals surface area contributed by atoms with Crippen LogP contribution < -0.4 is 0 Å². The fraction of sp³-hybridized carbons (Fsp3) is 0.250. The summed E-state index contributed by atoms with van der Waals surface area (Å²) >= 11 is 0. The summed E-state index contributed by atoms with van der Waals surface area (Å²) in [5.41, 5.74) is 2.26. The Bertz CT molecular complexity index is 596. The fourth-order valence-corrected chi connectivity index (χ4v) is 1.99. The highest BCUT2D eigenvalue weighted by molar-refractivity contribution is 5.94. The van der Waals surface area contributed by atoms with E-state index in [4.69, 9.17) is 0 Å². The Hall–Kier alpha value is -2.23. The van der Waals surface area contributed by atoms with Crippen LogP contribution in [0.4, 0.5) is 4.39 Å². The highest BCUT2D eigenvalue weighted by atomic mass is 19.1. The lowest BCUT2D eigenvalue weighted by Gasteiger charge is -2.20. The van der Waals surface area contributed by atoms with E-state index in [1.165, 1.54) is 24.3 Å². The Balaban J connectivity index is 2.15. The minimum atomic E-state index is -0.343. The van der Waals surface area contributed by atoms with Crippen LogP contribution in [-0.4, -0.2) is 22.3 Å². The number of pyridine rings is 1. The Labute approximate surface area is 118 Å². The van der Waals surface area contributed by atoms with E-state index in [2.05, 4.69) is 4.98 Å². The van der Waals surface area contributed by atoms with Crippen molar-refractivity contribution in [1.29, 1.82) is 0 Å². The Morgan fingerprint density at radius 3 is 2.50 bits per heavy atom. The maximum atomic E-state index is 12.9. The van der Waals surface area contributed by atoms with Gasteiger partial charge in [-0.1, -0.05) is 6.07 Å². The van der Waals surface area contributed by atoms with Crippen molar-refractivity contribution in [2.24, 2.45) is 0 Å². The van der Waals surface area contributed by atoms with E-state index in [0.29, 0.717) is 18.7 Å². The number of amides is 1. The summed E-state index contributed by atoms with van der Waals surface area (Å²) in [5.74, 6) is -0.458. The highest BCUT2D eigenvalue weighted by Gasteiger charge is 2.15. The van der Waals surface area contributed by atoms with Gasteiger partial charge in [0.25, 0.3) is 5.91 Å². The lowest BCUT2D eigenvalue weighted by Crippen LogP contribution is -2.30. The van der Waals surface area contributed by atoms with Crippen molar-refractivity contribution in [2.45, 2.75) is 20.4 Å². The number of carbonyl (C=O) groups is 1. The van der Waals surface area contributed by atoms with Crippen LogP contribution in [0.5, 0.6) is 0 Å². The molecule has 20 heavy (non-hydrogen) atoms. The summed E-state index contributed by atoms with van der Waals surface area (Å²) in [7, 11) is 0. The molecule has 0 radical (unpaired) electrons. The van der Waals surface area contributed by atoms with Gasteiger partial charge < -0.3 is 4.90 Å². The third kappa shape index (κ3) is 3.41. The number of hydrogen-bond donors (Lipinski definition) is 0. The zero-order valence-corrected chi connectivity index (χ0v) is 11.6. The first kappa shape index (κ1) is 14.2. The van der Waals surface area contributed by atoms with Crippen LogP contribution in [-0.2, 0) is 6.54 Å². The third-order valence-electron chi connectivity index (χ3n) is 3.06. The molecular formula is C16H17FN2O. The summed E-state index contributed by atoms with van der Waals surface area (Å²) in [6, 6.07) is 11.3. The predicted octanol–water partition coefficient (Wildman–Crippen LogP) is 3.19. The van der Waals surface area contributed by atoms with E-state index in [-0.39, 0.29) is 11.7 Å². The third-order valence-corrected chi connectivity index (χ3v) is 3.06. The van der Waals surface area contributed by atoms with Gasteiger partial charge in [0.05, 0.1) is 12.2 Å². The highest BCUT2D eigenvalue weighted by Crippen LogP contribution is 2.10. The van der Waals surface area contributed by atoms with Gasteiger partial charge in [-0.05, 0) is 50.2 Å². The number of nitrogens with zero attached hydrogens (tertiary/aromatic N) is 2. The summed E-state index contributed by atoms with van der Waals surface area (Å²) in [5, 5.41) is 0. The number of carbonyl (C=O) groups excluding carboxylic acids is 1. The molecule has 1 amide bonds. The van der Waals surface area contributed by atoms with Crippen LogP contribution in [0.15, 0.2) is 42.5 Å². The van der Waals surface area contributed by atoms with Gasteiger partial charge in [-0.15, -0.1) is 0 Å². The topological polar surface area (TPSA) is 33.2 Å². The van der Waals surface area contributed by atoms with Gasteiger partial charge in [-0.25, -0.2) is 4.39 Å². The van der Waals surface area contributed by atoms with E-state index >= 15 is 0 Å². The zero-order chi connectivity index (χ0) is 14.5. The summed E-state index contributed by atoms with van der Waals surface area (Å²) in [6.45, 7) is 4.86. The second-order valence-corrected chi connectivity index (χ2v) is 4.60. The molecule has 2 rings (SSSR count). The van der Waals surface area contributed by atoms with Gasteiger partial charge in [-0.3, -0.25) is 9.78 Å². The summed E-state index contributed by atoms with van der Waals surface area (Å²) < 4.78 is 12.9.